The van der Waals surface area contributed by atoms with Gasteiger partial charge in [0.05, 0.1) is 22.0 Å². The molecule has 1 aromatic carbocycles. The fraction of sp³-hybridized carbons (Fsp3) is 0.409. The van der Waals surface area contributed by atoms with Gasteiger partial charge in [-0.05, 0) is 57.0 Å². The van der Waals surface area contributed by atoms with E-state index in [2.05, 4.69) is 26.8 Å². The molecule has 0 bridgehead atoms. The molecular weight excluding hydrogens is 464 g/mol. The Balaban J connectivity index is 1.77. The van der Waals surface area contributed by atoms with Gasteiger partial charge in [0, 0.05) is 29.4 Å². The highest BCUT2D eigenvalue weighted by Gasteiger charge is 2.34. The summed E-state index contributed by atoms with van der Waals surface area (Å²) in [6, 6.07) is 4.13. The third-order valence-corrected chi connectivity index (χ3v) is 6.97. The molecule has 1 saturated heterocycles. The standard InChI is InChI=1S/C22H21ClF4N4S/c1-12-4-3-5-31(12)10-18-21(14-6-16(22(25,26)27)13(2)17(24)7-14)30-20(32-18)9-15-8-19(23)29-11-28-15/h6-8,11-12H,3-5,9-10H2,1-2H3/t12-/m1/s1. The minimum Gasteiger partial charge on any atom is -0.296 e. The highest BCUT2D eigenvalue weighted by molar-refractivity contribution is 7.12. The Morgan fingerprint density at radius 3 is 2.66 bits per heavy atom. The summed E-state index contributed by atoms with van der Waals surface area (Å²) in [5.41, 5.74) is -0.233. The molecule has 2 aromatic heterocycles. The molecule has 170 valence electrons. The summed E-state index contributed by atoms with van der Waals surface area (Å²) in [6.07, 6.45) is -0.808. The minimum absolute atomic E-state index is 0.130. The highest BCUT2D eigenvalue weighted by atomic mass is 35.5. The van der Waals surface area contributed by atoms with Crippen LogP contribution in [-0.2, 0) is 19.1 Å². The van der Waals surface area contributed by atoms with Gasteiger partial charge >= 0.3 is 6.18 Å². The molecule has 3 aromatic rings. The van der Waals surface area contributed by atoms with Crippen LogP contribution in [0.25, 0.3) is 11.3 Å². The van der Waals surface area contributed by atoms with Crippen LogP contribution in [0.4, 0.5) is 17.6 Å². The lowest BCUT2D eigenvalue weighted by atomic mass is 10.0. The molecule has 0 unspecified atom stereocenters. The fourth-order valence-corrected chi connectivity index (χ4v) is 5.25. The van der Waals surface area contributed by atoms with Gasteiger partial charge in [-0.1, -0.05) is 11.6 Å². The van der Waals surface area contributed by atoms with Crippen molar-refractivity contribution < 1.29 is 17.6 Å². The molecule has 10 heteroatoms. The maximum atomic E-state index is 14.5. The number of hydrogen-bond donors (Lipinski definition) is 0. The summed E-state index contributed by atoms with van der Waals surface area (Å²) in [5, 5.41) is 0.972. The molecule has 1 aliphatic heterocycles. The maximum absolute atomic E-state index is 14.5. The van der Waals surface area contributed by atoms with Gasteiger partial charge in [-0.25, -0.2) is 19.3 Å². The Bertz CT molecular complexity index is 1130. The van der Waals surface area contributed by atoms with Gasteiger partial charge in [0.2, 0.25) is 0 Å². The molecule has 0 aliphatic carbocycles. The SMILES string of the molecule is Cc1c(F)cc(-c2nc(Cc3cc(Cl)ncn3)sc2CN2CCC[C@H]2C)cc1C(F)(F)F. The molecule has 0 amide bonds. The largest absolute Gasteiger partial charge is 0.416 e. The number of thiazole rings is 1. The summed E-state index contributed by atoms with van der Waals surface area (Å²) < 4.78 is 55.0. The number of rotatable bonds is 5. The molecule has 0 radical (unpaired) electrons. The first kappa shape index (κ1) is 23.1. The van der Waals surface area contributed by atoms with E-state index >= 15 is 0 Å². The van der Waals surface area contributed by atoms with E-state index in [0.29, 0.717) is 40.6 Å². The van der Waals surface area contributed by atoms with E-state index in [0.717, 1.165) is 43.3 Å². The van der Waals surface area contributed by atoms with Crippen molar-refractivity contribution in [1.82, 2.24) is 19.9 Å². The molecule has 1 aliphatic rings. The highest BCUT2D eigenvalue weighted by Crippen LogP contribution is 2.38. The third kappa shape index (κ3) is 4.94. The number of alkyl halides is 3. The molecule has 0 saturated carbocycles. The van der Waals surface area contributed by atoms with Gasteiger partial charge in [-0.3, -0.25) is 4.90 Å². The predicted octanol–water partition coefficient (Wildman–Crippen LogP) is 6.29. The normalized spacial score (nSPS) is 17.3. The fourth-order valence-electron chi connectivity index (χ4n) is 3.95. The Labute approximate surface area is 192 Å². The number of likely N-dealkylation sites (tertiary alicyclic amines) is 1. The lowest BCUT2D eigenvalue weighted by molar-refractivity contribution is -0.138. The molecule has 0 N–H and O–H groups in total. The summed E-state index contributed by atoms with van der Waals surface area (Å²) in [4.78, 5) is 15.8. The van der Waals surface area contributed by atoms with Crippen molar-refractivity contribution in [2.24, 2.45) is 0 Å². The van der Waals surface area contributed by atoms with Gasteiger partial charge in [-0.2, -0.15) is 13.2 Å². The van der Waals surface area contributed by atoms with Gasteiger partial charge in [0.25, 0.3) is 0 Å². The zero-order valence-electron chi connectivity index (χ0n) is 17.5. The van der Waals surface area contributed by atoms with E-state index in [1.807, 2.05) is 0 Å². The average molecular weight is 485 g/mol. The molecule has 4 nitrogen and oxygen atoms in total. The Kier molecular flexibility index (Phi) is 6.51. The minimum atomic E-state index is -4.65. The van der Waals surface area contributed by atoms with Crippen LogP contribution in [0.1, 0.15) is 46.5 Å². The third-order valence-electron chi connectivity index (χ3n) is 5.72. The number of aromatic nitrogens is 3. The summed E-state index contributed by atoms with van der Waals surface area (Å²) in [7, 11) is 0. The first-order valence-electron chi connectivity index (χ1n) is 10.2. The maximum Gasteiger partial charge on any atom is 0.416 e. The van der Waals surface area contributed by atoms with Crippen molar-refractivity contribution in [1.29, 1.82) is 0 Å². The molecular formula is C22H21ClF4N4S. The summed E-state index contributed by atoms with van der Waals surface area (Å²) in [6.45, 7) is 4.73. The van der Waals surface area contributed by atoms with Crippen molar-refractivity contribution in [3.8, 4) is 11.3 Å². The zero-order chi connectivity index (χ0) is 23.0. The van der Waals surface area contributed by atoms with Crippen LogP contribution in [-0.4, -0.2) is 32.4 Å². The van der Waals surface area contributed by atoms with Gasteiger partial charge in [0.1, 0.15) is 17.3 Å². The average Bonchev–Trinajstić information content (AvgIpc) is 3.29. The second-order valence-electron chi connectivity index (χ2n) is 7.98. The van der Waals surface area contributed by atoms with Crippen LogP contribution in [0.5, 0.6) is 0 Å². The van der Waals surface area contributed by atoms with Gasteiger partial charge in [-0.15, -0.1) is 11.3 Å². The lowest BCUT2D eigenvalue weighted by Crippen LogP contribution is -2.25. The molecule has 3 heterocycles. The summed E-state index contributed by atoms with van der Waals surface area (Å²) >= 11 is 7.35. The summed E-state index contributed by atoms with van der Waals surface area (Å²) in [5.74, 6) is -0.896. The second kappa shape index (κ2) is 9.03. The van der Waals surface area contributed by atoms with Crippen LogP contribution >= 0.6 is 22.9 Å². The van der Waals surface area contributed by atoms with Gasteiger partial charge in [0.15, 0.2) is 0 Å². The van der Waals surface area contributed by atoms with Crippen LogP contribution in [0, 0.1) is 12.7 Å². The van der Waals surface area contributed by atoms with E-state index in [4.69, 9.17) is 11.6 Å². The number of benzene rings is 1. The first-order chi connectivity index (χ1) is 15.1. The Morgan fingerprint density at radius 1 is 1.22 bits per heavy atom. The second-order valence-corrected chi connectivity index (χ2v) is 9.53. The van der Waals surface area contributed by atoms with Crippen molar-refractivity contribution >= 4 is 22.9 Å². The van der Waals surface area contributed by atoms with E-state index in [-0.39, 0.29) is 5.56 Å². The molecule has 0 spiro atoms. The van der Waals surface area contributed by atoms with E-state index in [1.165, 1.54) is 17.7 Å². The van der Waals surface area contributed by atoms with E-state index in [1.54, 1.807) is 6.07 Å². The smallest absolute Gasteiger partial charge is 0.296 e. The monoisotopic (exact) mass is 484 g/mol. The quantitative estimate of drug-likeness (QED) is 0.315. The Morgan fingerprint density at radius 2 is 2.00 bits per heavy atom. The number of hydrogen-bond acceptors (Lipinski definition) is 5. The molecule has 1 atom stereocenters. The molecule has 4 rings (SSSR count). The first-order valence-corrected chi connectivity index (χ1v) is 11.4. The van der Waals surface area contributed by atoms with Crippen LogP contribution < -0.4 is 0 Å². The molecule has 32 heavy (non-hydrogen) atoms. The van der Waals surface area contributed by atoms with Crippen LogP contribution in [0.2, 0.25) is 5.15 Å². The van der Waals surface area contributed by atoms with Gasteiger partial charge < -0.3 is 0 Å². The van der Waals surface area contributed by atoms with Crippen molar-refractivity contribution in [3.63, 3.8) is 0 Å². The zero-order valence-corrected chi connectivity index (χ0v) is 19.1. The van der Waals surface area contributed by atoms with Crippen molar-refractivity contribution in [3.05, 3.63) is 62.2 Å². The predicted molar refractivity (Wildman–Crippen MR) is 116 cm³/mol. The van der Waals surface area contributed by atoms with Crippen molar-refractivity contribution in [2.45, 2.75) is 51.9 Å². The Hall–Kier alpha value is -2.10. The van der Waals surface area contributed by atoms with E-state index < -0.39 is 23.1 Å². The van der Waals surface area contributed by atoms with Crippen LogP contribution in [0.15, 0.2) is 24.5 Å². The topological polar surface area (TPSA) is 41.9 Å². The van der Waals surface area contributed by atoms with E-state index in [9.17, 15) is 17.6 Å². The number of nitrogens with zero attached hydrogens (tertiary/aromatic N) is 4. The molecule has 1 fully saturated rings. The number of halogens is 5. The lowest BCUT2D eigenvalue weighted by Gasteiger charge is -2.20. The van der Waals surface area contributed by atoms with Crippen molar-refractivity contribution in [2.75, 3.05) is 6.54 Å². The van der Waals surface area contributed by atoms with Crippen LogP contribution in [0.3, 0.4) is 0 Å².